The van der Waals surface area contributed by atoms with Crippen molar-refractivity contribution in [2.75, 3.05) is 17.7 Å². The molecule has 0 spiro atoms. The molecule has 23 heavy (non-hydrogen) atoms. The van der Waals surface area contributed by atoms with E-state index < -0.39 is 0 Å². The van der Waals surface area contributed by atoms with Gasteiger partial charge < -0.3 is 15.4 Å². The fourth-order valence-electron chi connectivity index (χ4n) is 2.04. The molecule has 0 fully saturated rings. The third kappa shape index (κ3) is 4.16. The molecule has 0 atom stereocenters. The SMILES string of the molecule is COc1ccc(Nc2cc(NCc3ccncc3)ncn2)cc1. The van der Waals surface area contributed by atoms with Gasteiger partial charge in [-0.1, -0.05) is 0 Å². The van der Waals surface area contributed by atoms with Gasteiger partial charge in [0, 0.05) is 30.7 Å². The van der Waals surface area contributed by atoms with Gasteiger partial charge in [0.2, 0.25) is 0 Å². The van der Waals surface area contributed by atoms with Crippen molar-refractivity contribution in [3.63, 3.8) is 0 Å². The van der Waals surface area contributed by atoms with E-state index in [9.17, 15) is 0 Å². The highest BCUT2D eigenvalue weighted by Crippen LogP contribution is 2.19. The van der Waals surface area contributed by atoms with Crippen LogP contribution in [0.4, 0.5) is 17.3 Å². The number of ether oxygens (including phenoxy) is 1. The van der Waals surface area contributed by atoms with E-state index in [0.29, 0.717) is 6.54 Å². The van der Waals surface area contributed by atoms with E-state index in [1.165, 1.54) is 6.33 Å². The van der Waals surface area contributed by atoms with Crippen LogP contribution in [0.5, 0.6) is 5.75 Å². The molecule has 2 aromatic heterocycles. The van der Waals surface area contributed by atoms with Crippen molar-refractivity contribution in [2.45, 2.75) is 6.54 Å². The zero-order valence-electron chi connectivity index (χ0n) is 12.7. The highest BCUT2D eigenvalue weighted by molar-refractivity contribution is 5.59. The van der Waals surface area contributed by atoms with Crippen molar-refractivity contribution in [3.8, 4) is 5.75 Å². The van der Waals surface area contributed by atoms with Gasteiger partial charge in [-0.15, -0.1) is 0 Å². The molecule has 3 rings (SSSR count). The predicted octanol–water partition coefficient (Wildman–Crippen LogP) is 3.24. The van der Waals surface area contributed by atoms with Crippen molar-refractivity contribution < 1.29 is 4.74 Å². The molecule has 2 N–H and O–H groups in total. The predicted molar refractivity (Wildman–Crippen MR) is 89.9 cm³/mol. The van der Waals surface area contributed by atoms with E-state index >= 15 is 0 Å². The van der Waals surface area contributed by atoms with Crippen LogP contribution in [0.15, 0.2) is 61.2 Å². The highest BCUT2D eigenvalue weighted by atomic mass is 16.5. The summed E-state index contributed by atoms with van der Waals surface area (Å²) in [7, 11) is 1.65. The third-order valence-electron chi connectivity index (χ3n) is 3.25. The first-order chi connectivity index (χ1) is 11.3. The molecule has 3 aromatic rings. The summed E-state index contributed by atoms with van der Waals surface area (Å²) in [5, 5.41) is 6.50. The minimum absolute atomic E-state index is 0.682. The fraction of sp³-hybridized carbons (Fsp3) is 0.118. The van der Waals surface area contributed by atoms with Crippen molar-refractivity contribution >= 4 is 17.3 Å². The quantitative estimate of drug-likeness (QED) is 0.728. The average Bonchev–Trinajstić information content (AvgIpc) is 2.62. The summed E-state index contributed by atoms with van der Waals surface area (Å²) in [6.07, 6.45) is 5.07. The lowest BCUT2D eigenvalue weighted by atomic mass is 10.3. The first-order valence-electron chi connectivity index (χ1n) is 7.19. The minimum atomic E-state index is 0.682. The molecule has 0 aliphatic carbocycles. The maximum Gasteiger partial charge on any atom is 0.135 e. The molecule has 0 unspecified atom stereocenters. The van der Waals surface area contributed by atoms with Crippen molar-refractivity contribution in [3.05, 3.63) is 66.7 Å². The maximum absolute atomic E-state index is 5.14. The van der Waals surface area contributed by atoms with E-state index in [1.54, 1.807) is 19.5 Å². The topological polar surface area (TPSA) is 72.0 Å². The second-order valence-corrected chi connectivity index (χ2v) is 4.85. The zero-order valence-corrected chi connectivity index (χ0v) is 12.7. The van der Waals surface area contributed by atoms with Crippen molar-refractivity contribution in [1.29, 1.82) is 0 Å². The maximum atomic E-state index is 5.14. The summed E-state index contributed by atoms with van der Waals surface area (Å²) >= 11 is 0. The first-order valence-corrected chi connectivity index (χ1v) is 7.19. The number of methoxy groups -OCH3 is 1. The van der Waals surface area contributed by atoms with Crippen LogP contribution in [-0.2, 0) is 6.54 Å². The second kappa shape index (κ2) is 7.22. The fourth-order valence-corrected chi connectivity index (χ4v) is 2.04. The number of aromatic nitrogens is 3. The Morgan fingerprint density at radius 2 is 1.70 bits per heavy atom. The number of hydrogen-bond acceptors (Lipinski definition) is 6. The molecule has 0 aliphatic heterocycles. The van der Waals surface area contributed by atoms with Crippen LogP contribution in [0.1, 0.15) is 5.56 Å². The van der Waals surface area contributed by atoms with E-state index in [4.69, 9.17) is 4.74 Å². The number of anilines is 3. The largest absolute Gasteiger partial charge is 0.497 e. The number of rotatable bonds is 6. The standard InChI is InChI=1S/C17H17N5O/c1-23-15-4-2-14(3-5-15)22-17-10-16(20-12-21-17)19-11-13-6-8-18-9-7-13/h2-10,12H,11H2,1H3,(H2,19,20,21,22). The molecule has 116 valence electrons. The van der Waals surface area contributed by atoms with E-state index in [2.05, 4.69) is 25.6 Å². The first kappa shape index (κ1) is 14.8. The molecule has 0 saturated heterocycles. The Kier molecular flexibility index (Phi) is 4.63. The normalized spacial score (nSPS) is 10.1. The van der Waals surface area contributed by atoms with Crippen LogP contribution in [0.25, 0.3) is 0 Å². The summed E-state index contributed by atoms with van der Waals surface area (Å²) in [6.45, 7) is 0.682. The van der Waals surface area contributed by atoms with Crippen LogP contribution in [0.2, 0.25) is 0 Å². The smallest absolute Gasteiger partial charge is 0.135 e. The summed E-state index contributed by atoms with van der Waals surface area (Å²) in [4.78, 5) is 12.5. The summed E-state index contributed by atoms with van der Waals surface area (Å²) in [6, 6.07) is 13.5. The van der Waals surface area contributed by atoms with Gasteiger partial charge in [0.15, 0.2) is 0 Å². The number of nitrogens with zero attached hydrogens (tertiary/aromatic N) is 3. The van der Waals surface area contributed by atoms with Crippen molar-refractivity contribution in [1.82, 2.24) is 15.0 Å². The van der Waals surface area contributed by atoms with Gasteiger partial charge in [-0.3, -0.25) is 4.98 Å². The van der Waals surface area contributed by atoms with Gasteiger partial charge in [-0.2, -0.15) is 0 Å². The van der Waals surface area contributed by atoms with E-state index in [0.717, 1.165) is 28.6 Å². The molecular formula is C17H17N5O. The molecule has 0 saturated carbocycles. The average molecular weight is 307 g/mol. The van der Waals surface area contributed by atoms with Crippen LogP contribution in [0, 0.1) is 0 Å². The Morgan fingerprint density at radius 3 is 2.43 bits per heavy atom. The highest BCUT2D eigenvalue weighted by Gasteiger charge is 2.00. The van der Waals surface area contributed by atoms with Gasteiger partial charge in [0.05, 0.1) is 7.11 Å². The van der Waals surface area contributed by atoms with Crippen LogP contribution in [0.3, 0.4) is 0 Å². The lowest BCUT2D eigenvalue weighted by Crippen LogP contribution is -2.03. The van der Waals surface area contributed by atoms with E-state index in [-0.39, 0.29) is 0 Å². The van der Waals surface area contributed by atoms with Crippen LogP contribution >= 0.6 is 0 Å². The summed E-state index contributed by atoms with van der Waals surface area (Å²) < 4.78 is 5.14. The zero-order chi connectivity index (χ0) is 15.9. The number of hydrogen-bond donors (Lipinski definition) is 2. The molecule has 0 bridgehead atoms. The Hall–Kier alpha value is -3.15. The summed E-state index contributed by atoms with van der Waals surface area (Å²) in [5.41, 5.74) is 2.08. The monoisotopic (exact) mass is 307 g/mol. The van der Waals surface area contributed by atoms with Gasteiger partial charge in [0.1, 0.15) is 23.7 Å². The Bertz CT molecular complexity index is 746. The van der Waals surface area contributed by atoms with E-state index in [1.807, 2.05) is 42.5 Å². The molecule has 1 aromatic carbocycles. The van der Waals surface area contributed by atoms with Gasteiger partial charge in [-0.25, -0.2) is 9.97 Å². The Labute approximate surface area is 134 Å². The van der Waals surface area contributed by atoms with Gasteiger partial charge in [0.25, 0.3) is 0 Å². The molecule has 6 nitrogen and oxygen atoms in total. The Morgan fingerprint density at radius 1 is 0.957 bits per heavy atom. The molecular weight excluding hydrogens is 290 g/mol. The number of pyridine rings is 1. The van der Waals surface area contributed by atoms with Gasteiger partial charge in [-0.05, 0) is 42.0 Å². The number of benzene rings is 1. The van der Waals surface area contributed by atoms with Crippen LogP contribution in [-0.4, -0.2) is 22.1 Å². The lowest BCUT2D eigenvalue weighted by Gasteiger charge is -2.09. The van der Waals surface area contributed by atoms with Crippen LogP contribution < -0.4 is 15.4 Å². The molecule has 0 amide bonds. The molecule has 6 heteroatoms. The van der Waals surface area contributed by atoms with Gasteiger partial charge >= 0.3 is 0 Å². The molecule has 0 aliphatic rings. The summed E-state index contributed by atoms with van der Waals surface area (Å²) in [5.74, 6) is 2.30. The van der Waals surface area contributed by atoms with Crippen molar-refractivity contribution in [2.24, 2.45) is 0 Å². The molecule has 0 radical (unpaired) electrons. The second-order valence-electron chi connectivity index (χ2n) is 4.85. The minimum Gasteiger partial charge on any atom is -0.497 e. The Balaban J connectivity index is 1.64. The third-order valence-corrected chi connectivity index (χ3v) is 3.25. The lowest BCUT2D eigenvalue weighted by molar-refractivity contribution is 0.415. The number of nitrogens with one attached hydrogen (secondary N) is 2. The molecule has 2 heterocycles.